The minimum atomic E-state index is -0.187. The lowest BCUT2D eigenvalue weighted by molar-refractivity contribution is -0.150. The molecule has 0 aliphatic carbocycles. The summed E-state index contributed by atoms with van der Waals surface area (Å²) in [6.07, 6.45) is 56.4. The van der Waals surface area contributed by atoms with Crippen LogP contribution in [0.3, 0.4) is 0 Å². The lowest BCUT2D eigenvalue weighted by Crippen LogP contribution is -2.18. The quantitative estimate of drug-likeness (QED) is 0.0376. The van der Waals surface area contributed by atoms with E-state index in [4.69, 9.17) is 9.47 Å². The van der Waals surface area contributed by atoms with Crippen LogP contribution in [0, 0.1) is 0 Å². The molecule has 346 valence electrons. The summed E-state index contributed by atoms with van der Waals surface area (Å²) in [5, 5.41) is 10.0. The zero-order valence-electron chi connectivity index (χ0n) is 39.9. The molecule has 0 fully saturated rings. The number of carbonyl (C=O) groups excluding carboxylic acids is 2. The normalized spacial score (nSPS) is 13.5. The Morgan fingerprint density at radius 1 is 0.373 bits per heavy atom. The molecule has 0 aromatic rings. The first-order valence-electron chi connectivity index (χ1n) is 26.0. The second-order valence-corrected chi connectivity index (χ2v) is 17.7. The van der Waals surface area contributed by atoms with Crippen molar-refractivity contribution >= 4 is 11.9 Å². The van der Waals surface area contributed by atoms with Crippen LogP contribution in [0.4, 0.5) is 0 Å². The van der Waals surface area contributed by atoms with Gasteiger partial charge in [-0.05, 0) is 116 Å². The molecule has 0 rings (SSSR count). The first-order valence-corrected chi connectivity index (χ1v) is 26.0. The molecule has 0 saturated carbocycles. The molecule has 0 radical (unpaired) electrons. The van der Waals surface area contributed by atoms with E-state index in [0.29, 0.717) is 12.8 Å². The van der Waals surface area contributed by atoms with Crippen molar-refractivity contribution in [2.45, 2.75) is 296 Å². The van der Waals surface area contributed by atoms with Crippen LogP contribution in [0.5, 0.6) is 0 Å². The second-order valence-electron chi connectivity index (χ2n) is 17.7. The second kappa shape index (κ2) is 47.2. The number of unbranched alkanes of at least 4 members (excludes halogenated alkanes) is 23. The standard InChI is InChI=1S/C54H100O5/c1-5-9-13-16-17-18-19-25-30-38-46-51(44-36-14-10-6-2)58-54(57)49-41-33-28-23-21-26-31-39-47-52(45-37-15-11-7-3)59-53(56)48-40-32-27-22-20-24-29-35-43-50(55)42-34-12-8-4/h25-26,29-31,35,50-52,55H,5-24,27-28,32-34,36-49H2,1-4H3/b30-25-,31-26-,35-29-. The van der Waals surface area contributed by atoms with E-state index in [1.54, 1.807) is 0 Å². The number of hydrogen-bond donors (Lipinski definition) is 1. The summed E-state index contributed by atoms with van der Waals surface area (Å²) in [6, 6.07) is 0. The summed E-state index contributed by atoms with van der Waals surface area (Å²) in [7, 11) is 0. The van der Waals surface area contributed by atoms with E-state index in [0.717, 1.165) is 128 Å². The Hall–Kier alpha value is -1.88. The number of hydrogen-bond acceptors (Lipinski definition) is 5. The van der Waals surface area contributed by atoms with Crippen LogP contribution in [0.2, 0.25) is 0 Å². The third-order valence-electron chi connectivity index (χ3n) is 11.7. The average molecular weight is 829 g/mol. The molecule has 0 aliphatic heterocycles. The SMILES string of the molecule is CCCCCCCC/C=C\CCC(CCCCCC)OC(=O)CCCCCC/C=C\CCC(CCCCCC)OC(=O)CCCCCCC/C=C\CC(O)CCCCC. The van der Waals surface area contributed by atoms with Crippen molar-refractivity contribution in [3.05, 3.63) is 36.5 Å². The summed E-state index contributed by atoms with van der Waals surface area (Å²) in [4.78, 5) is 25.4. The van der Waals surface area contributed by atoms with Gasteiger partial charge in [-0.15, -0.1) is 0 Å². The molecule has 3 unspecified atom stereocenters. The van der Waals surface area contributed by atoms with Gasteiger partial charge < -0.3 is 14.6 Å². The van der Waals surface area contributed by atoms with Gasteiger partial charge in [-0.25, -0.2) is 0 Å². The first-order chi connectivity index (χ1) is 29.0. The molecule has 0 spiro atoms. The fraction of sp³-hybridized carbons (Fsp3) is 0.852. The van der Waals surface area contributed by atoms with Crippen LogP contribution in [0.1, 0.15) is 278 Å². The maximum absolute atomic E-state index is 12.7. The molecule has 5 heteroatoms. The number of rotatable bonds is 46. The average Bonchev–Trinajstić information content (AvgIpc) is 3.22. The van der Waals surface area contributed by atoms with E-state index >= 15 is 0 Å². The van der Waals surface area contributed by atoms with Crippen LogP contribution in [-0.2, 0) is 19.1 Å². The van der Waals surface area contributed by atoms with Crippen molar-refractivity contribution in [3.8, 4) is 0 Å². The smallest absolute Gasteiger partial charge is 0.306 e. The topological polar surface area (TPSA) is 72.8 Å². The molecule has 0 amide bonds. The van der Waals surface area contributed by atoms with E-state index < -0.39 is 0 Å². The molecule has 0 bridgehead atoms. The number of aliphatic hydroxyl groups excluding tert-OH is 1. The van der Waals surface area contributed by atoms with Gasteiger partial charge in [0, 0.05) is 12.8 Å². The van der Waals surface area contributed by atoms with Gasteiger partial charge in [-0.1, -0.05) is 186 Å². The molecule has 3 atom stereocenters. The van der Waals surface area contributed by atoms with Crippen LogP contribution in [0.25, 0.3) is 0 Å². The molecule has 0 heterocycles. The third-order valence-corrected chi connectivity index (χ3v) is 11.7. The highest BCUT2D eigenvalue weighted by molar-refractivity contribution is 5.69. The Bertz CT molecular complexity index is 970. The van der Waals surface area contributed by atoms with Crippen molar-refractivity contribution in [1.29, 1.82) is 0 Å². The molecular weight excluding hydrogens is 729 g/mol. The van der Waals surface area contributed by atoms with Gasteiger partial charge in [0.05, 0.1) is 6.10 Å². The first kappa shape index (κ1) is 57.1. The summed E-state index contributed by atoms with van der Waals surface area (Å²) in [5.41, 5.74) is 0. The summed E-state index contributed by atoms with van der Waals surface area (Å²) < 4.78 is 12.0. The zero-order chi connectivity index (χ0) is 43.1. The Balaban J connectivity index is 4.24. The van der Waals surface area contributed by atoms with E-state index in [1.807, 2.05) is 0 Å². The molecule has 5 nitrogen and oxygen atoms in total. The van der Waals surface area contributed by atoms with E-state index in [9.17, 15) is 14.7 Å². The van der Waals surface area contributed by atoms with Crippen LogP contribution in [-0.4, -0.2) is 35.4 Å². The maximum atomic E-state index is 12.7. The lowest BCUT2D eigenvalue weighted by Gasteiger charge is -2.17. The Morgan fingerprint density at radius 3 is 1.14 bits per heavy atom. The minimum absolute atomic E-state index is 0.00721. The zero-order valence-corrected chi connectivity index (χ0v) is 39.9. The molecule has 0 aromatic heterocycles. The predicted molar refractivity (Wildman–Crippen MR) is 256 cm³/mol. The number of esters is 2. The van der Waals surface area contributed by atoms with Gasteiger partial charge in [-0.3, -0.25) is 9.59 Å². The third kappa shape index (κ3) is 44.0. The van der Waals surface area contributed by atoms with Crippen LogP contribution < -0.4 is 0 Å². The van der Waals surface area contributed by atoms with Crippen LogP contribution in [0.15, 0.2) is 36.5 Å². The molecular formula is C54H100O5. The van der Waals surface area contributed by atoms with Gasteiger partial charge in [0.25, 0.3) is 0 Å². The fourth-order valence-corrected chi connectivity index (χ4v) is 7.76. The van der Waals surface area contributed by atoms with E-state index in [1.165, 1.54) is 109 Å². The maximum Gasteiger partial charge on any atom is 0.306 e. The van der Waals surface area contributed by atoms with Gasteiger partial charge in [0.1, 0.15) is 12.2 Å². The Morgan fingerprint density at radius 2 is 0.695 bits per heavy atom. The largest absolute Gasteiger partial charge is 0.462 e. The van der Waals surface area contributed by atoms with Crippen molar-refractivity contribution in [1.82, 2.24) is 0 Å². The Kier molecular flexibility index (Phi) is 45.7. The highest BCUT2D eigenvalue weighted by Crippen LogP contribution is 2.19. The number of ether oxygens (including phenoxy) is 2. The van der Waals surface area contributed by atoms with Gasteiger partial charge >= 0.3 is 11.9 Å². The molecule has 0 aliphatic rings. The minimum Gasteiger partial charge on any atom is -0.462 e. The number of carbonyl (C=O) groups is 2. The van der Waals surface area contributed by atoms with Crippen molar-refractivity contribution in [3.63, 3.8) is 0 Å². The molecule has 0 saturated heterocycles. The Labute approximate surface area is 367 Å². The molecule has 1 N–H and O–H groups in total. The number of aliphatic hydroxyl groups is 1. The van der Waals surface area contributed by atoms with E-state index in [2.05, 4.69) is 64.2 Å². The monoisotopic (exact) mass is 829 g/mol. The summed E-state index contributed by atoms with van der Waals surface area (Å²) in [6.45, 7) is 8.94. The summed E-state index contributed by atoms with van der Waals surface area (Å²) in [5.74, 6) is -0.0280. The van der Waals surface area contributed by atoms with E-state index in [-0.39, 0.29) is 30.3 Å². The molecule has 59 heavy (non-hydrogen) atoms. The fourth-order valence-electron chi connectivity index (χ4n) is 7.76. The highest BCUT2D eigenvalue weighted by Gasteiger charge is 2.15. The van der Waals surface area contributed by atoms with Crippen molar-refractivity contribution < 1.29 is 24.2 Å². The molecule has 0 aromatic carbocycles. The number of allylic oxidation sites excluding steroid dienone is 5. The van der Waals surface area contributed by atoms with Gasteiger partial charge in [-0.2, -0.15) is 0 Å². The van der Waals surface area contributed by atoms with Gasteiger partial charge in [0.15, 0.2) is 0 Å². The highest BCUT2D eigenvalue weighted by atomic mass is 16.5. The summed E-state index contributed by atoms with van der Waals surface area (Å²) >= 11 is 0. The van der Waals surface area contributed by atoms with Crippen LogP contribution >= 0.6 is 0 Å². The lowest BCUT2D eigenvalue weighted by atomic mass is 10.0. The predicted octanol–water partition coefficient (Wildman–Crippen LogP) is 17.1. The van der Waals surface area contributed by atoms with Crippen molar-refractivity contribution in [2.75, 3.05) is 0 Å². The van der Waals surface area contributed by atoms with Crippen molar-refractivity contribution in [2.24, 2.45) is 0 Å². The van der Waals surface area contributed by atoms with Gasteiger partial charge in [0.2, 0.25) is 0 Å².